The number of hydrogen-bond acceptors (Lipinski definition) is 1. The van der Waals surface area contributed by atoms with Crippen molar-refractivity contribution in [2.75, 3.05) is 5.32 Å². The van der Waals surface area contributed by atoms with E-state index in [0.29, 0.717) is 0 Å². The molecule has 1 heterocycles. The van der Waals surface area contributed by atoms with Gasteiger partial charge in [0, 0.05) is 11.9 Å². The van der Waals surface area contributed by atoms with Crippen LogP contribution in [-0.2, 0) is 0 Å². The lowest BCUT2D eigenvalue weighted by Gasteiger charge is -2.01. The fourth-order valence-corrected chi connectivity index (χ4v) is 1.13. The minimum absolute atomic E-state index is 0. The summed E-state index contributed by atoms with van der Waals surface area (Å²) in [7, 11) is 0. The van der Waals surface area contributed by atoms with E-state index >= 15 is 0 Å². The third-order valence-electron chi connectivity index (χ3n) is 1.68. The lowest BCUT2D eigenvalue weighted by molar-refractivity contribution is 1.57. The molecule has 1 aromatic rings. The number of para-hydroxylation sites is 1. The van der Waals surface area contributed by atoms with E-state index in [2.05, 4.69) is 23.5 Å². The largest absolute Gasteiger partial charge is 0.361 e. The van der Waals surface area contributed by atoms with Crippen molar-refractivity contribution < 1.29 is 0 Å². The highest BCUT2D eigenvalue weighted by Crippen LogP contribution is 2.18. The van der Waals surface area contributed by atoms with Gasteiger partial charge in [-0.2, -0.15) is 0 Å². The van der Waals surface area contributed by atoms with Crippen LogP contribution >= 0.6 is 12.4 Å². The zero-order valence-corrected chi connectivity index (χ0v) is 7.34. The molecule has 62 valence electrons. The second-order valence-electron chi connectivity index (χ2n) is 2.45. The van der Waals surface area contributed by atoms with Gasteiger partial charge in [-0.3, -0.25) is 0 Å². The Labute approximate surface area is 78.2 Å². The molecule has 12 heavy (non-hydrogen) atoms. The maximum Gasteiger partial charge on any atom is 0.0453 e. The summed E-state index contributed by atoms with van der Waals surface area (Å²) in [5.41, 5.74) is 2.40. The molecule has 1 N–H and O–H groups in total. The monoisotopic (exact) mass is 179 g/mol. The third kappa shape index (κ3) is 1.69. The fourth-order valence-electron chi connectivity index (χ4n) is 1.13. The van der Waals surface area contributed by atoms with E-state index in [1.807, 2.05) is 30.5 Å². The van der Waals surface area contributed by atoms with Crippen molar-refractivity contribution >= 4 is 24.2 Å². The Morgan fingerprint density at radius 1 is 1.00 bits per heavy atom. The van der Waals surface area contributed by atoms with Crippen LogP contribution < -0.4 is 5.32 Å². The van der Waals surface area contributed by atoms with Gasteiger partial charge in [-0.25, -0.2) is 0 Å². The zero-order chi connectivity index (χ0) is 7.52. The van der Waals surface area contributed by atoms with Crippen LogP contribution in [0.5, 0.6) is 0 Å². The summed E-state index contributed by atoms with van der Waals surface area (Å²) in [6.45, 7) is 0. The first-order valence-electron chi connectivity index (χ1n) is 3.65. The zero-order valence-electron chi connectivity index (χ0n) is 6.53. The summed E-state index contributed by atoms with van der Waals surface area (Å²) in [5.74, 6) is 0. The molecule has 0 amide bonds. The van der Waals surface area contributed by atoms with Gasteiger partial charge in [-0.1, -0.05) is 30.4 Å². The summed E-state index contributed by atoms with van der Waals surface area (Å²) in [4.78, 5) is 0. The molecule has 0 fully saturated rings. The molecule has 0 radical (unpaired) electrons. The number of anilines is 1. The highest BCUT2D eigenvalue weighted by Gasteiger charge is 1.95. The summed E-state index contributed by atoms with van der Waals surface area (Å²) < 4.78 is 0. The van der Waals surface area contributed by atoms with Crippen molar-refractivity contribution in [2.45, 2.75) is 0 Å². The number of benzene rings is 1. The number of rotatable bonds is 0. The van der Waals surface area contributed by atoms with Gasteiger partial charge in [-0.05, 0) is 17.7 Å². The Morgan fingerprint density at radius 3 is 2.75 bits per heavy atom. The number of nitrogens with one attached hydrogen (secondary N) is 1. The average molecular weight is 180 g/mol. The molecule has 1 aliphatic heterocycles. The molecule has 1 nitrogen and oxygen atoms in total. The lowest BCUT2D eigenvalue weighted by atomic mass is 10.2. The normalized spacial score (nSPS) is 12.3. The lowest BCUT2D eigenvalue weighted by Crippen LogP contribution is -1.87. The highest BCUT2D eigenvalue weighted by molar-refractivity contribution is 5.85. The molecule has 1 aromatic carbocycles. The third-order valence-corrected chi connectivity index (χ3v) is 1.68. The predicted octanol–water partition coefficient (Wildman–Crippen LogP) is 3.06. The van der Waals surface area contributed by atoms with E-state index in [4.69, 9.17) is 0 Å². The first-order chi connectivity index (χ1) is 5.47. The van der Waals surface area contributed by atoms with E-state index in [1.54, 1.807) is 0 Å². The molecular formula is C10H10ClN. The maximum absolute atomic E-state index is 3.18. The van der Waals surface area contributed by atoms with Crippen LogP contribution in [0.2, 0.25) is 0 Å². The second-order valence-corrected chi connectivity index (χ2v) is 2.45. The van der Waals surface area contributed by atoms with Gasteiger partial charge in [0.1, 0.15) is 0 Å². The highest BCUT2D eigenvalue weighted by atomic mass is 35.5. The summed E-state index contributed by atoms with van der Waals surface area (Å²) in [6.07, 6.45) is 8.03. The van der Waals surface area contributed by atoms with Gasteiger partial charge in [-0.15, -0.1) is 12.4 Å². The minimum Gasteiger partial charge on any atom is -0.361 e. The molecule has 0 spiro atoms. The van der Waals surface area contributed by atoms with Gasteiger partial charge in [0.2, 0.25) is 0 Å². The van der Waals surface area contributed by atoms with Crippen molar-refractivity contribution in [3.8, 4) is 0 Å². The molecule has 2 rings (SSSR count). The van der Waals surface area contributed by atoms with E-state index in [9.17, 15) is 0 Å². The first kappa shape index (κ1) is 8.88. The van der Waals surface area contributed by atoms with E-state index in [-0.39, 0.29) is 12.4 Å². The topological polar surface area (TPSA) is 12.0 Å². The second kappa shape index (κ2) is 3.98. The van der Waals surface area contributed by atoms with Crippen LogP contribution in [0.3, 0.4) is 0 Å². The number of allylic oxidation sites excluding steroid dienone is 2. The Balaban J connectivity index is 0.000000720. The van der Waals surface area contributed by atoms with Gasteiger partial charge < -0.3 is 5.32 Å². The first-order valence-corrected chi connectivity index (χ1v) is 3.65. The van der Waals surface area contributed by atoms with Crippen molar-refractivity contribution in [2.24, 2.45) is 0 Å². The van der Waals surface area contributed by atoms with E-state index in [1.165, 1.54) is 5.56 Å². The molecule has 0 aliphatic carbocycles. The Bertz CT molecular complexity index is 315. The predicted molar refractivity (Wildman–Crippen MR) is 55.5 cm³/mol. The Morgan fingerprint density at radius 2 is 1.83 bits per heavy atom. The molecule has 0 saturated carbocycles. The average Bonchev–Trinajstić information content (AvgIpc) is 2.28. The quantitative estimate of drug-likeness (QED) is 0.646. The van der Waals surface area contributed by atoms with Gasteiger partial charge in [0.05, 0.1) is 0 Å². The molecule has 0 saturated heterocycles. The number of fused-ring (bicyclic) bond motifs is 1. The van der Waals surface area contributed by atoms with Crippen LogP contribution in [0.15, 0.2) is 42.6 Å². The summed E-state index contributed by atoms with van der Waals surface area (Å²) >= 11 is 0. The summed E-state index contributed by atoms with van der Waals surface area (Å²) in [5, 5.41) is 3.18. The Kier molecular flexibility index (Phi) is 2.94. The number of hydrogen-bond donors (Lipinski definition) is 1. The number of halogens is 1. The SMILES string of the molecule is C1=CNc2ccccc2C=C1.Cl. The van der Waals surface area contributed by atoms with Crippen molar-refractivity contribution in [3.63, 3.8) is 0 Å². The van der Waals surface area contributed by atoms with Gasteiger partial charge in [0.15, 0.2) is 0 Å². The molecular weight excluding hydrogens is 170 g/mol. The van der Waals surface area contributed by atoms with E-state index in [0.717, 1.165) is 5.69 Å². The van der Waals surface area contributed by atoms with Crippen LogP contribution in [0.25, 0.3) is 6.08 Å². The molecule has 0 unspecified atom stereocenters. The molecule has 0 aromatic heterocycles. The van der Waals surface area contributed by atoms with E-state index < -0.39 is 0 Å². The Hall–Kier alpha value is -1.21. The molecule has 0 atom stereocenters. The van der Waals surface area contributed by atoms with Gasteiger partial charge >= 0.3 is 0 Å². The van der Waals surface area contributed by atoms with Crippen molar-refractivity contribution in [1.29, 1.82) is 0 Å². The van der Waals surface area contributed by atoms with Crippen molar-refractivity contribution in [3.05, 3.63) is 48.2 Å². The minimum atomic E-state index is 0. The van der Waals surface area contributed by atoms with Crippen molar-refractivity contribution in [1.82, 2.24) is 0 Å². The maximum atomic E-state index is 3.18. The van der Waals surface area contributed by atoms with Crippen LogP contribution in [0.1, 0.15) is 5.56 Å². The fraction of sp³-hybridized carbons (Fsp3) is 0. The van der Waals surface area contributed by atoms with Crippen LogP contribution in [0.4, 0.5) is 5.69 Å². The molecule has 0 bridgehead atoms. The standard InChI is InChI=1S/C10H9N.ClH/c1-2-7-10-9(5-1)6-3-4-8-11-10;/h1-8,11H;1H. The van der Waals surface area contributed by atoms with Gasteiger partial charge in [0.25, 0.3) is 0 Å². The molecule has 1 aliphatic rings. The van der Waals surface area contributed by atoms with Crippen LogP contribution in [-0.4, -0.2) is 0 Å². The smallest absolute Gasteiger partial charge is 0.0453 e. The molecule has 2 heteroatoms. The van der Waals surface area contributed by atoms with Crippen LogP contribution in [0, 0.1) is 0 Å². The summed E-state index contributed by atoms with van der Waals surface area (Å²) in [6, 6.07) is 8.22.